The molecule has 1 spiro atoms. The van der Waals surface area contributed by atoms with Crippen molar-refractivity contribution in [3.05, 3.63) is 0 Å². The summed E-state index contributed by atoms with van der Waals surface area (Å²) in [5.74, 6) is -0.586. The first-order chi connectivity index (χ1) is 16.2. The molecule has 0 aromatic rings. The Hall–Kier alpha value is -0.770. The van der Waals surface area contributed by atoms with Gasteiger partial charge in [-0.1, -0.05) is 6.92 Å². The van der Waals surface area contributed by atoms with Gasteiger partial charge in [-0.15, -0.1) is 0 Å². The number of methoxy groups -OCH3 is 3. The van der Waals surface area contributed by atoms with Crippen molar-refractivity contribution in [2.45, 2.75) is 75.6 Å². The maximum Gasteiger partial charge on any atom is 0.302 e. The standard InChI is InChI=1S/C26H41NO7/c1-6-27-11-24(12-31-3)8-7-17(29)26-15-9-14-16(32-4)10-25(30,18(15)20(14)34-13(2)28)19(23(26)27)21(33-5)22(24)26/h14-23,29-30H,6-12H2,1-5H3/t14-,15-,16+,17+,18-,19+,20+,21+,22-,23-,24+,25-,26+/m1/s1. The molecular formula is C26H41NO7. The van der Waals surface area contributed by atoms with Crippen molar-refractivity contribution in [3.8, 4) is 0 Å². The number of carbonyl (C=O) groups is 1. The van der Waals surface area contributed by atoms with E-state index in [-0.39, 0.29) is 59.2 Å². The van der Waals surface area contributed by atoms with Crippen LogP contribution in [0.5, 0.6) is 0 Å². The van der Waals surface area contributed by atoms with Gasteiger partial charge in [0, 0.05) is 81.8 Å². The minimum absolute atomic E-state index is 0.0197. The van der Waals surface area contributed by atoms with E-state index in [4.69, 9.17) is 18.9 Å². The smallest absolute Gasteiger partial charge is 0.302 e. The summed E-state index contributed by atoms with van der Waals surface area (Å²) < 4.78 is 24.1. The molecule has 6 aliphatic rings. The van der Waals surface area contributed by atoms with Crippen LogP contribution < -0.4 is 0 Å². The highest BCUT2D eigenvalue weighted by Gasteiger charge is 2.86. The number of hydrogen-bond donors (Lipinski definition) is 2. The molecular weight excluding hydrogens is 438 g/mol. The molecule has 13 atom stereocenters. The largest absolute Gasteiger partial charge is 0.462 e. The SMILES string of the molecule is CCN1C[C@]2(COC)CC[C@H](O)[C@@]34[C@@H]5C[C@H]6[C@H](OC(C)=O)[C@@H]5[C@](O)(C[C@@H]6OC)[C@@H]([C@H](OC)[C@H]23)[C@@H]14. The predicted molar refractivity (Wildman–Crippen MR) is 122 cm³/mol. The molecule has 5 aliphatic carbocycles. The molecule has 0 unspecified atom stereocenters. The topological polar surface area (TPSA) is 97.7 Å². The molecule has 1 heterocycles. The van der Waals surface area contributed by atoms with Crippen LogP contribution in [0.15, 0.2) is 0 Å². The zero-order valence-electron chi connectivity index (χ0n) is 21.1. The highest BCUT2D eigenvalue weighted by molar-refractivity contribution is 5.66. The van der Waals surface area contributed by atoms with E-state index in [2.05, 4.69) is 11.8 Å². The first-order valence-corrected chi connectivity index (χ1v) is 13.1. The second-order valence-electron chi connectivity index (χ2n) is 12.1. The Bertz CT molecular complexity index is 855. The maximum atomic E-state index is 12.7. The molecule has 1 saturated heterocycles. The molecule has 2 N–H and O–H groups in total. The number of carbonyl (C=O) groups excluding carboxylic acids is 1. The molecule has 0 aromatic carbocycles. The van der Waals surface area contributed by atoms with Crippen molar-refractivity contribution in [2.75, 3.05) is 41.0 Å². The van der Waals surface area contributed by atoms with Crippen molar-refractivity contribution in [1.82, 2.24) is 4.90 Å². The van der Waals surface area contributed by atoms with Crippen LogP contribution in [0, 0.1) is 40.4 Å². The Balaban J connectivity index is 1.61. The molecule has 6 rings (SSSR count). The molecule has 0 aromatic heterocycles. The normalized spacial score (nSPS) is 57.0. The van der Waals surface area contributed by atoms with E-state index in [0.29, 0.717) is 13.0 Å². The van der Waals surface area contributed by atoms with E-state index in [9.17, 15) is 15.0 Å². The average Bonchev–Trinajstić information content (AvgIpc) is 3.23. The van der Waals surface area contributed by atoms with Crippen molar-refractivity contribution >= 4 is 5.97 Å². The second-order valence-corrected chi connectivity index (χ2v) is 12.1. The molecule has 1 aliphatic heterocycles. The Morgan fingerprint density at radius 3 is 2.53 bits per heavy atom. The third kappa shape index (κ3) is 2.48. The van der Waals surface area contributed by atoms with Crippen LogP contribution in [0.4, 0.5) is 0 Å². The number of aliphatic hydroxyl groups excluding tert-OH is 1. The van der Waals surface area contributed by atoms with Gasteiger partial charge in [0.05, 0.1) is 30.5 Å². The average molecular weight is 480 g/mol. The lowest BCUT2D eigenvalue weighted by molar-refractivity contribution is -0.274. The van der Waals surface area contributed by atoms with Crippen molar-refractivity contribution in [1.29, 1.82) is 0 Å². The zero-order chi connectivity index (χ0) is 24.2. The number of ether oxygens (including phenoxy) is 4. The second kappa shape index (κ2) is 7.62. The maximum absolute atomic E-state index is 12.7. The molecule has 0 amide bonds. The molecule has 6 fully saturated rings. The van der Waals surface area contributed by atoms with Gasteiger partial charge in [0.1, 0.15) is 6.10 Å². The quantitative estimate of drug-likeness (QED) is 0.546. The van der Waals surface area contributed by atoms with Crippen LogP contribution in [0.1, 0.15) is 39.5 Å². The highest BCUT2D eigenvalue weighted by atomic mass is 16.5. The fourth-order valence-electron chi connectivity index (χ4n) is 11.0. The van der Waals surface area contributed by atoms with Gasteiger partial charge in [0.15, 0.2) is 0 Å². The first kappa shape index (κ1) is 23.6. The van der Waals surface area contributed by atoms with Gasteiger partial charge in [-0.2, -0.15) is 0 Å². The first-order valence-electron chi connectivity index (χ1n) is 13.1. The summed E-state index contributed by atoms with van der Waals surface area (Å²) in [6.45, 7) is 6.00. The summed E-state index contributed by atoms with van der Waals surface area (Å²) >= 11 is 0. The van der Waals surface area contributed by atoms with Gasteiger partial charge in [0.2, 0.25) is 0 Å². The Kier molecular flexibility index (Phi) is 5.29. The summed E-state index contributed by atoms with van der Waals surface area (Å²) in [6.07, 6.45) is 1.64. The van der Waals surface area contributed by atoms with Crippen molar-refractivity contribution in [2.24, 2.45) is 40.4 Å². The molecule has 8 heteroatoms. The van der Waals surface area contributed by atoms with Crippen molar-refractivity contribution in [3.63, 3.8) is 0 Å². The number of piperidine rings is 1. The molecule has 7 bridgehead atoms. The van der Waals surface area contributed by atoms with Crippen LogP contribution in [0.25, 0.3) is 0 Å². The summed E-state index contributed by atoms with van der Waals surface area (Å²) in [5, 5.41) is 24.7. The zero-order valence-corrected chi connectivity index (χ0v) is 21.1. The lowest BCUT2D eigenvalue weighted by atomic mass is 9.43. The summed E-state index contributed by atoms with van der Waals surface area (Å²) in [7, 11) is 5.23. The highest BCUT2D eigenvalue weighted by Crippen LogP contribution is 2.79. The van der Waals surface area contributed by atoms with Crippen LogP contribution in [-0.2, 0) is 23.7 Å². The van der Waals surface area contributed by atoms with Gasteiger partial charge in [0.25, 0.3) is 0 Å². The third-order valence-corrected chi connectivity index (χ3v) is 11.4. The third-order valence-electron chi connectivity index (χ3n) is 11.4. The van der Waals surface area contributed by atoms with Crippen molar-refractivity contribution < 1.29 is 34.0 Å². The fourth-order valence-corrected chi connectivity index (χ4v) is 11.0. The van der Waals surface area contributed by atoms with Crippen LogP contribution in [0.3, 0.4) is 0 Å². The number of hydrogen-bond acceptors (Lipinski definition) is 8. The molecule has 192 valence electrons. The molecule has 5 saturated carbocycles. The predicted octanol–water partition coefficient (Wildman–Crippen LogP) is 1.07. The lowest BCUT2D eigenvalue weighted by Gasteiger charge is -2.68. The van der Waals surface area contributed by atoms with Gasteiger partial charge >= 0.3 is 5.97 Å². The van der Waals surface area contributed by atoms with Gasteiger partial charge in [-0.25, -0.2) is 0 Å². The van der Waals surface area contributed by atoms with Crippen LogP contribution in [-0.4, -0.2) is 98.2 Å². The monoisotopic (exact) mass is 479 g/mol. The molecule has 0 radical (unpaired) electrons. The van der Waals surface area contributed by atoms with E-state index in [1.54, 1.807) is 21.3 Å². The van der Waals surface area contributed by atoms with Crippen LogP contribution >= 0.6 is 0 Å². The van der Waals surface area contributed by atoms with E-state index in [0.717, 1.165) is 32.4 Å². The number of esters is 1. The van der Waals surface area contributed by atoms with E-state index < -0.39 is 23.2 Å². The Morgan fingerprint density at radius 1 is 1.15 bits per heavy atom. The number of likely N-dealkylation sites (tertiary alicyclic amines) is 1. The summed E-state index contributed by atoms with van der Waals surface area (Å²) in [5.41, 5.74) is -1.66. The number of fused-ring (bicyclic) bond motifs is 2. The molecule has 8 nitrogen and oxygen atoms in total. The van der Waals surface area contributed by atoms with Gasteiger partial charge in [-0.3, -0.25) is 9.69 Å². The summed E-state index contributed by atoms with van der Waals surface area (Å²) in [4.78, 5) is 14.7. The van der Waals surface area contributed by atoms with Gasteiger partial charge < -0.3 is 29.2 Å². The Morgan fingerprint density at radius 2 is 1.91 bits per heavy atom. The molecule has 34 heavy (non-hydrogen) atoms. The number of aliphatic hydroxyl groups is 2. The minimum atomic E-state index is -1.09. The van der Waals surface area contributed by atoms with E-state index in [1.807, 2.05) is 0 Å². The number of nitrogens with zero attached hydrogens (tertiary/aromatic N) is 1. The van der Waals surface area contributed by atoms with E-state index >= 15 is 0 Å². The fraction of sp³-hybridized carbons (Fsp3) is 0.962. The minimum Gasteiger partial charge on any atom is -0.462 e. The van der Waals surface area contributed by atoms with E-state index in [1.165, 1.54) is 6.92 Å². The number of rotatable bonds is 6. The summed E-state index contributed by atoms with van der Waals surface area (Å²) in [6, 6.07) is 0.0197. The van der Waals surface area contributed by atoms with Crippen LogP contribution in [0.2, 0.25) is 0 Å². The van der Waals surface area contributed by atoms with Gasteiger partial charge in [-0.05, 0) is 31.7 Å². The Labute approximate surface area is 202 Å². The lowest BCUT2D eigenvalue weighted by Crippen LogP contribution is -2.76.